The van der Waals surface area contributed by atoms with Gasteiger partial charge in [0.2, 0.25) is 0 Å². The lowest BCUT2D eigenvalue weighted by atomic mass is 9.82. The zero-order valence-electron chi connectivity index (χ0n) is 21.6. The lowest BCUT2D eigenvalue weighted by Crippen LogP contribution is -2.38. The van der Waals surface area contributed by atoms with Crippen molar-refractivity contribution in [3.05, 3.63) is 48.7 Å². The van der Waals surface area contributed by atoms with Crippen LogP contribution in [-0.2, 0) is 0 Å². The highest BCUT2D eigenvalue weighted by molar-refractivity contribution is 5.97. The van der Waals surface area contributed by atoms with E-state index in [-0.39, 0.29) is 12.0 Å². The van der Waals surface area contributed by atoms with E-state index in [4.69, 9.17) is 4.74 Å². The first-order valence-electron chi connectivity index (χ1n) is 12.9. The van der Waals surface area contributed by atoms with Gasteiger partial charge in [0, 0.05) is 31.1 Å². The van der Waals surface area contributed by atoms with Crippen molar-refractivity contribution >= 4 is 33.8 Å². The summed E-state index contributed by atoms with van der Waals surface area (Å²) in [5.41, 5.74) is 2.79. The number of hydrogen-bond acceptors (Lipinski definition) is 8. The number of H-pyrrole nitrogens is 1. The van der Waals surface area contributed by atoms with E-state index >= 15 is 0 Å². The van der Waals surface area contributed by atoms with Crippen LogP contribution in [-0.4, -0.2) is 68.8 Å². The van der Waals surface area contributed by atoms with Gasteiger partial charge in [0.1, 0.15) is 23.3 Å². The molecule has 1 aromatic carbocycles. The van der Waals surface area contributed by atoms with E-state index in [9.17, 15) is 9.90 Å². The maximum atomic E-state index is 12.2. The Morgan fingerprint density at radius 2 is 1.92 bits per heavy atom. The van der Waals surface area contributed by atoms with Gasteiger partial charge >= 0.3 is 0 Å². The minimum atomic E-state index is -0.208. The number of imidazole rings is 1. The van der Waals surface area contributed by atoms with Crippen LogP contribution in [0.4, 0.5) is 5.82 Å². The smallest absolute Gasteiger partial charge is 0.270 e. The number of anilines is 1. The minimum Gasteiger partial charge on any atom is -0.496 e. The number of methoxy groups -OCH3 is 1. The van der Waals surface area contributed by atoms with Gasteiger partial charge in [-0.3, -0.25) is 4.79 Å². The van der Waals surface area contributed by atoms with Crippen LogP contribution in [0.15, 0.2) is 43.0 Å². The van der Waals surface area contributed by atoms with E-state index in [1.54, 1.807) is 25.8 Å². The molecule has 2 aliphatic rings. The number of nitrogens with one attached hydrogen (secondary N) is 2. The average Bonchev–Trinajstić information content (AvgIpc) is 3.63. The number of aromatic nitrogens is 5. The second kappa shape index (κ2) is 12.4. The lowest BCUT2D eigenvalue weighted by molar-refractivity contribution is 0.0420. The summed E-state index contributed by atoms with van der Waals surface area (Å²) in [5.74, 6) is 1.79. The fraction of sp³-hybridized carbons (Fsp3) is 0.444. The van der Waals surface area contributed by atoms with E-state index in [0.717, 1.165) is 53.8 Å². The van der Waals surface area contributed by atoms with Crippen LogP contribution >= 0.6 is 0 Å². The Hall–Kier alpha value is -3.79. The Morgan fingerprint density at radius 1 is 1.16 bits per heavy atom. The first-order valence-corrected chi connectivity index (χ1v) is 12.9. The van der Waals surface area contributed by atoms with Crippen molar-refractivity contribution < 1.29 is 14.6 Å². The summed E-state index contributed by atoms with van der Waals surface area (Å²) in [6, 6.07) is 9.23. The number of carbonyl (C=O) groups excluding carboxylic acids is 1. The number of aliphatic hydroxyl groups excluding tert-OH is 1. The topological polar surface area (TPSA) is 129 Å². The first kappa shape index (κ1) is 26.3. The zero-order chi connectivity index (χ0) is 26.2. The highest BCUT2D eigenvalue weighted by Gasteiger charge is 2.27. The Morgan fingerprint density at radius 3 is 2.65 bits per heavy atom. The van der Waals surface area contributed by atoms with Gasteiger partial charge in [0.25, 0.3) is 5.91 Å². The second-order valence-corrected chi connectivity index (χ2v) is 8.92. The van der Waals surface area contributed by atoms with Crippen LogP contribution in [0.5, 0.6) is 5.75 Å². The monoisotopic (exact) mass is 505 g/mol. The van der Waals surface area contributed by atoms with Crippen molar-refractivity contribution in [1.82, 2.24) is 30.2 Å². The maximum Gasteiger partial charge on any atom is 0.270 e. The Labute approximate surface area is 216 Å². The Kier molecular flexibility index (Phi) is 8.84. The largest absolute Gasteiger partial charge is 0.496 e. The van der Waals surface area contributed by atoms with E-state index in [2.05, 4.69) is 35.1 Å². The molecule has 37 heavy (non-hydrogen) atoms. The second-order valence-electron chi connectivity index (χ2n) is 8.92. The summed E-state index contributed by atoms with van der Waals surface area (Å²) in [4.78, 5) is 34.5. The van der Waals surface area contributed by atoms with Crippen molar-refractivity contribution in [3.63, 3.8) is 0 Å². The van der Waals surface area contributed by atoms with Gasteiger partial charge < -0.3 is 25.0 Å². The van der Waals surface area contributed by atoms with Gasteiger partial charge in [-0.15, -0.1) is 0 Å². The molecule has 10 heteroatoms. The maximum absolute atomic E-state index is 12.2. The van der Waals surface area contributed by atoms with Crippen LogP contribution in [0.25, 0.3) is 22.1 Å². The van der Waals surface area contributed by atoms with Gasteiger partial charge in [-0.1, -0.05) is 26.0 Å². The molecule has 0 spiro atoms. The number of ether oxygens (including phenoxy) is 1. The molecule has 3 aromatic heterocycles. The standard InChI is InChI=1S/C16H18N2O3.C9H11N5.C2H6/c1-21-15-8-14(18-13-5-3-2-4-12(13)15)16(20)17-9-10-6-11(19)7-10;1-2-4-14(3-1)9-7-8(11-5-10-7)12-6-13-9;1-2/h2-5,8,10-11,19H,6-7,9H2,1H3,(H,17,20);5-6H,1-4H2,(H,10,11,12,13);1-2H3. The highest BCUT2D eigenvalue weighted by atomic mass is 16.5. The van der Waals surface area contributed by atoms with E-state index < -0.39 is 0 Å². The third-order valence-electron chi connectivity index (χ3n) is 6.50. The molecule has 4 aromatic rings. The molecule has 0 unspecified atom stereocenters. The summed E-state index contributed by atoms with van der Waals surface area (Å²) < 4.78 is 5.34. The van der Waals surface area contributed by atoms with Gasteiger partial charge in [0.05, 0.1) is 25.1 Å². The summed E-state index contributed by atoms with van der Waals surface area (Å²) in [6.45, 7) is 6.75. The first-order chi connectivity index (χ1) is 18.1. The molecule has 1 aliphatic carbocycles. The van der Waals surface area contributed by atoms with Crippen LogP contribution in [0.3, 0.4) is 0 Å². The number of aromatic amines is 1. The molecule has 0 atom stereocenters. The van der Waals surface area contributed by atoms with E-state index in [1.807, 2.05) is 38.1 Å². The third-order valence-corrected chi connectivity index (χ3v) is 6.50. The number of aliphatic hydroxyl groups is 1. The van der Waals surface area contributed by atoms with Crippen LogP contribution < -0.4 is 15.0 Å². The third kappa shape index (κ3) is 6.14. The molecule has 0 radical (unpaired) electrons. The van der Waals surface area contributed by atoms with Crippen molar-refractivity contribution in [1.29, 1.82) is 0 Å². The molecule has 1 saturated heterocycles. The van der Waals surface area contributed by atoms with Crippen molar-refractivity contribution in [2.45, 2.75) is 45.6 Å². The summed E-state index contributed by atoms with van der Waals surface area (Å²) in [5, 5.41) is 13.0. The highest BCUT2D eigenvalue weighted by Crippen LogP contribution is 2.27. The molecule has 3 N–H and O–H groups in total. The number of rotatable bonds is 5. The average molecular weight is 506 g/mol. The predicted molar refractivity (Wildman–Crippen MR) is 144 cm³/mol. The molecule has 0 bridgehead atoms. The fourth-order valence-corrected chi connectivity index (χ4v) is 4.54. The number of para-hydroxylation sites is 1. The van der Waals surface area contributed by atoms with E-state index in [0.29, 0.717) is 23.9 Å². The van der Waals surface area contributed by atoms with Crippen molar-refractivity contribution in [3.8, 4) is 5.75 Å². The van der Waals surface area contributed by atoms with Crippen molar-refractivity contribution in [2.24, 2.45) is 5.92 Å². The van der Waals surface area contributed by atoms with Crippen LogP contribution in [0.1, 0.15) is 50.0 Å². The number of fused-ring (bicyclic) bond motifs is 2. The summed E-state index contributed by atoms with van der Waals surface area (Å²) in [6.07, 6.45) is 7.06. The molecular formula is C27H35N7O3. The number of benzene rings is 1. The lowest BCUT2D eigenvalue weighted by Gasteiger charge is -2.31. The SMILES string of the molecule is CC.COc1cc(C(=O)NCC2CC(O)C2)nc2ccccc12.c1nc(N2CCCC2)c2[nH]cnc2n1. The Balaban J connectivity index is 0.000000173. The molecule has 2 fully saturated rings. The van der Waals surface area contributed by atoms with Gasteiger partial charge in [0.15, 0.2) is 11.5 Å². The summed E-state index contributed by atoms with van der Waals surface area (Å²) >= 11 is 0. The molecule has 1 amide bonds. The molecule has 1 aliphatic heterocycles. The van der Waals surface area contributed by atoms with E-state index in [1.165, 1.54) is 12.8 Å². The summed E-state index contributed by atoms with van der Waals surface area (Å²) in [7, 11) is 1.58. The van der Waals surface area contributed by atoms with Crippen molar-refractivity contribution in [2.75, 3.05) is 31.6 Å². The normalized spacial score (nSPS) is 18.3. The molecule has 1 saturated carbocycles. The van der Waals surface area contributed by atoms with Gasteiger partial charge in [-0.2, -0.15) is 0 Å². The number of carbonyl (C=O) groups is 1. The van der Waals surface area contributed by atoms with Crippen LogP contribution in [0.2, 0.25) is 0 Å². The number of hydrogen-bond donors (Lipinski definition) is 3. The van der Waals surface area contributed by atoms with Gasteiger partial charge in [-0.05, 0) is 43.7 Å². The molecule has 196 valence electrons. The van der Waals surface area contributed by atoms with Gasteiger partial charge in [-0.25, -0.2) is 19.9 Å². The minimum absolute atomic E-state index is 0.203. The molecular weight excluding hydrogens is 470 g/mol. The molecule has 6 rings (SSSR count). The molecule has 10 nitrogen and oxygen atoms in total. The van der Waals surface area contributed by atoms with Crippen LogP contribution in [0, 0.1) is 5.92 Å². The molecule has 4 heterocycles. The number of amides is 1. The predicted octanol–water partition coefficient (Wildman–Crippen LogP) is 3.72. The fourth-order valence-electron chi connectivity index (χ4n) is 4.54. The Bertz CT molecular complexity index is 1310. The number of pyridine rings is 1. The number of nitrogens with zero attached hydrogens (tertiary/aromatic N) is 5. The zero-order valence-corrected chi connectivity index (χ0v) is 21.6. The quantitative estimate of drug-likeness (QED) is 0.374.